The van der Waals surface area contributed by atoms with Gasteiger partial charge >= 0.3 is 5.97 Å². The number of aromatic nitrogens is 2. The first-order valence-corrected chi connectivity index (χ1v) is 7.17. The second-order valence-corrected chi connectivity index (χ2v) is 6.54. The van der Waals surface area contributed by atoms with Crippen LogP contribution in [0.2, 0.25) is 5.15 Å². The number of fused-ring (bicyclic) bond motifs is 1. The Morgan fingerprint density at radius 2 is 2.11 bits per heavy atom. The van der Waals surface area contributed by atoms with Crippen LogP contribution in [0.4, 0.5) is 0 Å². The smallest absolute Gasteiger partial charge is 0.376 e. The Kier molecular flexibility index (Phi) is 3.78. The lowest BCUT2D eigenvalue weighted by molar-refractivity contribution is 0.0512. The number of hydrogen-bond donors (Lipinski definition) is 0. The Labute approximate surface area is 120 Å². The van der Waals surface area contributed by atoms with E-state index < -0.39 is 5.97 Å². The molecule has 4 nitrogen and oxygen atoms in total. The molecule has 0 N–H and O–H groups in total. The van der Waals surface area contributed by atoms with E-state index in [4.69, 9.17) is 16.3 Å². The van der Waals surface area contributed by atoms with Gasteiger partial charge < -0.3 is 4.74 Å². The summed E-state index contributed by atoms with van der Waals surface area (Å²) in [6.45, 7) is 8.37. The zero-order valence-electron chi connectivity index (χ0n) is 11.3. The lowest BCUT2D eigenvalue weighted by Gasteiger charge is -2.14. The molecule has 0 amide bonds. The molecule has 0 spiro atoms. The number of halogens is 1. The fraction of sp³-hybridized carbons (Fsp3) is 0.462. The average Bonchev–Trinajstić information content (AvgIpc) is 2.73. The van der Waals surface area contributed by atoms with Gasteiger partial charge in [-0.2, -0.15) is 0 Å². The van der Waals surface area contributed by atoms with Crippen LogP contribution in [-0.4, -0.2) is 22.5 Å². The van der Waals surface area contributed by atoms with E-state index in [0.717, 1.165) is 9.58 Å². The third-order valence-electron chi connectivity index (χ3n) is 2.53. The van der Waals surface area contributed by atoms with Crippen molar-refractivity contribution in [1.29, 1.82) is 0 Å². The maximum atomic E-state index is 11.6. The van der Waals surface area contributed by atoms with Crippen molar-refractivity contribution in [3.8, 4) is 0 Å². The molecular weight excluding hydrogens is 284 g/mol. The molecule has 0 atom stereocenters. The molecule has 2 heterocycles. The summed E-state index contributed by atoms with van der Waals surface area (Å²) in [6.07, 6.45) is 0. The third kappa shape index (κ3) is 2.87. The van der Waals surface area contributed by atoms with Gasteiger partial charge in [-0.3, -0.25) is 0 Å². The first-order valence-electron chi connectivity index (χ1n) is 5.97. The molecule has 0 aliphatic carbocycles. The van der Waals surface area contributed by atoms with Crippen molar-refractivity contribution < 1.29 is 9.53 Å². The fourth-order valence-electron chi connectivity index (χ4n) is 1.55. The van der Waals surface area contributed by atoms with Crippen LogP contribution in [0.25, 0.3) is 10.2 Å². The van der Waals surface area contributed by atoms with Crippen molar-refractivity contribution in [3.63, 3.8) is 0 Å². The maximum Gasteiger partial charge on any atom is 0.376 e. The van der Waals surface area contributed by atoms with Crippen molar-refractivity contribution in [2.75, 3.05) is 6.61 Å². The quantitative estimate of drug-likeness (QED) is 0.625. The minimum Gasteiger partial charge on any atom is -0.460 e. The highest BCUT2D eigenvalue weighted by atomic mass is 35.5. The Balaban J connectivity index is 2.54. The van der Waals surface area contributed by atoms with Crippen LogP contribution < -0.4 is 0 Å². The van der Waals surface area contributed by atoms with Crippen LogP contribution in [0, 0.1) is 0 Å². The zero-order chi connectivity index (χ0) is 14.2. The standard InChI is InChI=1S/C13H15ClN2O2S/c1-5-18-12(17)11-15-7-6-8(13(2,3)4)19-9(7)10(14)16-11/h6H,5H2,1-4H3. The van der Waals surface area contributed by atoms with Crippen LogP contribution >= 0.6 is 22.9 Å². The molecule has 0 unspecified atom stereocenters. The van der Waals surface area contributed by atoms with E-state index in [1.54, 1.807) is 18.3 Å². The second kappa shape index (κ2) is 5.06. The Bertz CT molecular complexity index is 631. The minimum atomic E-state index is -0.546. The summed E-state index contributed by atoms with van der Waals surface area (Å²) >= 11 is 7.68. The summed E-state index contributed by atoms with van der Waals surface area (Å²) < 4.78 is 5.69. The molecular formula is C13H15ClN2O2S. The molecule has 2 rings (SSSR count). The van der Waals surface area contributed by atoms with Gasteiger partial charge in [0, 0.05) is 4.88 Å². The van der Waals surface area contributed by atoms with Crippen LogP contribution in [0.1, 0.15) is 43.2 Å². The largest absolute Gasteiger partial charge is 0.460 e. The molecule has 102 valence electrons. The number of rotatable bonds is 2. The molecule has 0 aromatic carbocycles. The van der Waals surface area contributed by atoms with E-state index in [9.17, 15) is 4.79 Å². The molecule has 0 aliphatic heterocycles. The van der Waals surface area contributed by atoms with Gasteiger partial charge in [0.15, 0.2) is 5.15 Å². The van der Waals surface area contributed by atoms with Gasteiger partial charge in [0.25, 0.3) is 0 Å². The second-order valence-electron chi connectivity index (χ2n) is 5.13. The summed E-state index contributed by atoms with van der Waals surface area (Å²) in [5.74, 6) is -0.535. The highest BCUT2D eigenvalue weighted by molar-refractivity contribution is 7.19. The molecule has 2 aromatic heterocycles. The number of carbonyl (C=O) groups is 1. The summed E-state index contributed by atoms with van der Waals surface area (Å²) in [7, 11) is 0. The molecule has 6 heteroatoms. The van der Waals surface area contributed by atoms with Crippen LogP contribution in [0.3, 0.4) is 0 Å². The van der Waals surface area contributed by atoms with Crippen LogP contribution in [0.5, 0.6) is 0 Å². The highest BCUT2D eigenvalue weighted by Crippen LogP contribution is 2.36. The molecule has 0 bridgehead atoms. The van der Waals surface area contributed by atoms with Crippen molar-refractivity contribution in [3.05, 3.63) is 21.9 Å². The number of carbonyl (C=O) groups excluding carboxylic acids is 1. The summed E-state index contributed by atoms with van der Waals surface area (Å²) in [6, 6.07) is 1.95. The summed E-state index contributed by atoms with van der Waals surface area (Å²) in [5, 5.41) is 0.300. The predicted molar refractivity (Wildman–Crippen MR) is 77.1 cm³/mol. The van der Waals surface area contributed by atoms with Gasteiger partial charge in [0.05, 0.1) is 16.8 Å². The van der Waals surface area contributed by atoms with Gasteiger partial charge in [-0.1, -0.05) is 32.4 Å². The van der Waals surface area contributed by atoms with Gasteiger partial charge in [-0.25, -0.2) is 14.8 Å². The first kappa shape index (κ1) is 14.2. The van der Waals surface area contributed by atoms with Crippen molar-refractivity contribution in [1.82, 2.24) is 9.97 Å². The molecule has 2 aromatic rings. The van der Waals surface area contributed by atoms with Gasteiger partial charge in [-0.15, -0.1) is 11.3 Å². The molecule has 0 saturated heterocycles. The molecule has 0 fully saturated rings. The van der Waals surface area contributed by atoms with Gasteiger partial charge in [-0.05, 0) is 18.4 Å². The first-order chi connectivity index (χ1) is 8.82. The monoisotopic (exact) mass is 298 g/mol. The van der Waals surface area contributed by atoms with Crippen molar-refractivity contribution in [2.45, 2.75) is 33.1 Å². The summed E-state index contributed by atoms with van der Waals surface area (Å²) in [4.78, 5) is 21.0. The summed E-state index contributed by atoms with van der Waals surface area (Å²) in [5.41, 5.74) is 0.705. The van der Waals surface area contributed by atoms with Crippen LogP contribution in [0.15, 0.2) is 6.07 Å². The molecule has 0 saturated carbocycles. The fourth-order valence-corrected chi connectivity index (χ4v) is 2.88. The van der Waals surface area contributed by atoms with E-state index in [0.29, 0.717) is 10.7 Å². The lowest BCUT2D eigenvalue weighted by Crippen LogP contribution is -2.09. The Hall–Kier alpha value is -1.20. The minimum absolute atomic E-state index is 0.0117. The predicted octanol–water partition coefficient (Wildman–Crippen LogP) is 3.82. The van der Waals surface area contributed by atoms with Crippen LogP contribution in [-0.2, 0) is 10.2 Å². The average molecular weight is 299 g/mol. The maximum absolute atomic E-state index is 11.6. The van der Waals surface area contributed by atoms with Crippen molar-refractivity contribution in [2.24, 2.45) is 0 Å². The molecule has 0 aliphatic rings. The number of thiophene rings is 1. The van der Waals surface area contributed by atoms with E-state index >= 15 is 0 Å². The Morgan fingerprint density at radius 3 is 2.68 bits per heavy atom. The number of ether oxygens (including phenoxy) is 1. The molecule has 0 radical (unpaired) electrons. The van der Waals surface area contributed by atoms with E-state index in [2.05, 4.69) is 30.7 Å². The topological polar surface area (TPSA) is 52.1 Å². The number of hydrogen-bond acceptors (Lipinski definition) is 5. The third-order valence-corrected chi connectivity index (χ3v) is 4.47. The van der Waals surface area contributed by atoms with E-state index in [1.807, 2.05) is 6.07 Å². The Morgan fingerprint density at radius 1 is 1.42 bits per heavy atom. The SMILES string of the molecule is CCOC(=O)c1nc(Cl)c2sc(C(C)(C)C)cc2n1. The normalized spacial score (nSPS) is 11.8. The number of nitrogens with zero attached hydrogens (tertiary/aromatic N) is 2. The molecule has 19 heavy (non-hydrogen) atoms. The van der Waals surface area contributed by atoms with Gasteiger partial charge in [0.2, 0.25) is 5.82 Å². The number of esters is 1. The highest BCUT2D eigenvalue weighted by Gasteiger charge is 2.21. The van der Waals surface area contributed by atoms with Crippen molar-refractivity contribution >= 4 is 39.1 Å². The van der Waals surface area contributed by atoms with Gasteiger partial charge in [0.1, 0.15) is 0 Å². The van der Waals surface area contributed by atoms with E-state index in [1.165, 1.54) is 0 Å². The zero-order valence-corrected chi connectivity index (χ0v) is 12.9. The lowest BCUT2D eigenvalue weighted by atomic mass is 9.95. The van der Waals surface area contributed by atoms with E-state index in [-0.39, 0.29) is 17.8 Å².